The zero-order valence-electron chi connectivity index (χ0n) is 6.99. The minimum Gasteiger partial charge on any atom is -0.265 e. The molecule has 0 aromatic carbocycles. The molecule has 0 radical (unpaired) electrons. The van der Waals surface area contributed by atoms with Crippen molar-refractivity contribution in [3.8, 4) is 0 Å². The van der Waals surface area contributed by atoms with Gasteiger partial charge in [-0.1, -0.05) is 26.0 Å². The second-order valence-electron chi connectivity index (χ2n) is 2.88. The second-order valence-corrected chi connectivity index (χ2v) is 2.88. The number of nitrogens with zero attached hydrogens (tertiary/aromatic N) is 1. The molecule has 0 amide bonds. The zero-order valence-corrected chi connectivity index (χ0v) is 6.99. The van der Waals surface area contributed by atoms with Gasteiger partial charge in [0.2, 0.25) is 0 Å². The van der Waals surface area contributed by atoms with Gasteiger partial charge in [-0.25, -0.2) is 0 Å². The summed E-state index contributed by atoms with van der Waals surface area (Å²) in [6.45, 7) is 4.33. The Morgan fingerprint density at radius 3 is 2.45 bits per heavy atom. The molecule has 1 nitrogen and oxygen atoms in total. The van der Waals surface area contributed by atoms with Crippen LogP contribution in [-0.2, 0) is 0 Å². The topological polar surface area (TPSA) is 12.9 Å². The van der Waals surface area contributed by atoms with Crippen LogP contribution in [0.15, 0.2) is 30.6 Å². The highest BCUT2D eigenvalue weighted by molar-refractivity contribution is 5.47. The number of hydrogen-bond donors (Lipinski definition) is 0. The average molecular weight is 147 g/mol. The van der Waals surface area contributed by atoms with Crippen LogP contribution in [0.5, 0.6) is 0 Å². The fourth-order valence-electron chi connectivity index (χ4n) is 0.778. The van der Waals surface area contributed by atoms with Gasteiger partial charge in [0.05, 0.1) is 0 Å². The van der Waals surface area contributed by atoms with E-state index in [-0.39, 0.29) is 0 Å². The molecule has 0 unspecified atom stereocenters. The van der Waals surface area contributed by atoms with Gasteiger partial charge < -0.3 is 0 Å². The van der Waals surface area contributed by atoms with Crippen LogP contribution in [0.1, 0.15) is 19.4 Å². The fourth-order valence-corrected chi connectivity index (χ4v) is 0.778. The fraction of sp³-hybridized carbons (Fsp3) is 0.300. The molecule has 0 saturated heterocycles. The Labute approximate surface area is 67.8 Å². The molecule has 0 bridgehead atoms. The maximum Gasteiger partial charge on any atom is 0.0273 e. The van der Waals surface area contributed by atoms with E-state index < -0.39 is 0 Å². The van der Waals surface area contributed by atoms with Crippen molar-refractivity contribution in [3.63, 3.8) is 0 Å². The normalized spacial score (nSPS) is 11.2. The van der Waals surface area contributed by atoms with Crippen molar-refractivity contribution >= 4 is 6.08 Å². The highest BCUT2D eigenvalue weighted by Crippen LogP contribution is 2.02. The summed E-state index contributed by atoms with van der Waals surface area (Å²) in [6.07, 6.45) is 7.90. The van der Waals surface area contributed by atoms with E-state index in [0.29, 0.717) is 5.92 Å². The van der Waals surface area contributed by atoms with Crippen molar-refractivity contribution in [1.29, 1.82) is 0 Å². The van der Waals surface area contributed by atoms with Crippen LogP contribution in [-0.4, -0.2) is 4.98 Å². The Morgan fingerprint density at radius 1 is 1.27 bits per heavy atom. The summed E-state index contributed by atoms with van der Waals surface area (Å²) in [5.41, 5.74) is 1.22. The van der Waals surface area contributed by atoms with Gasteiger partial charge in [0, 0.05) is 12.4 Å². The quantitative estimate of drug-likeness (QED) is 0.626. The predicted molar refractivity (Wildman–Crippen MR) is 48.1 cm³/mol. The monoisotopic (exact) mass is 147 g/mol. The lowest BCUT2D eigenvalue weighted by atomic mass is 10.1. The van der Waals surface area contributed by atoms with E-state index in [1.54, 1.807) is 12.4 Å². The lowest BCUT2D eigenvalue weighted by Crippen LogP contribution is -1.77. The molecule has 0 saturated carbocycles. The summed E-state index contributed by atoms with van der Waals surface area (Å²) in [6, 6.07) is 4.00. The number of rotatable bonds is 2. The largest absolute Gasteiger partial charge is 0.265 e. The molecular weight excluding hydrogens is 134 g/mol. The molecule has 0 aliphatic heterocycles. The maximum atomic E-state index is 3.94. The van der Waals surface area contributed by atoms with Gasteiger partial charge in [-0.15, -0.1) is 0 Å². The average Bonchev–Trinajstić information content (AvgIpc) is 2.03. The van der Waals surface area contributed by atoms with Gasteiger partial charge in [-0.05, 0) is 23.6 Å². The molecule has 11 heavy (non-hydrogen) atoms. The Bertz CT molecular complexity index is 224. The highest BCUT2D eigenvalue weighted by Gasteiger charge is 1.85. The van der Waals surface area contributed by atoms with Crippen molar-refractivity contribution in [2.45, 2.75) is 13.8 Å². The van der Waals surface area contributed by atoms with Gasteiger partial charge in [0.25, 0.3) is 0 Å². The van der Waals surface area contributed by atoms with Crippen LogP contribution in [0.2, 0.25) is 0 Å². The first-order valence-electron chi connectivity index (χ1n) is 3.87. The first-order valence-corrected chi connectivity index (χ1v) is 3.87. The SMILES string of the molecule is CC(C)/C=C/c1ccncc1. The van der Waals surface area contributed by atoms with E-state index >= 15 is 0 Å². The first kappa shape index (κ1) is 7.99. The number of hydrogen-bond acceptors (Lipinski definition) is 1. The van der Waals surface area contributed by atoms with Crippen molar-refractivity contribution in [3.05, 3.63) is 36.2 Å². The number of allylic oxidation sites excluding steroid dienone is 1. The van der Waals surface area contributed by atoms with Crippen LogP contribution in [0.4, 0.5) is 0 Å². The van der Waals surface area contributed by atoms with E-state index in [4.69, 9.17) is 0 Å². The maximum absolute atomic E-state index is 3.94. The Balaban J connectivity index is 2.65. The third-order valence-electron chi connectivity index (χ3n) is 1.38. The third-order valence-corrected chi connectivity index (χ3v) is 1.38. The molecule has 1 aromatic rings. The molecule has 0 aliphatic carbocycles. The first-order chi connectivity index (χ1) is 5.29. The Kier molecular flexibility index (Phi) is 2.84. The lowest BCUT2D eigenvalue weighted by molar-refractivity contribution is 0.836. The van der Waals surface area contributed by atoms with Gasteiger partial charge in [-0.2, -0.15) is 0 Å². The van der Waals surface area contributed by atoms with Crippen molar-refractivity contribution < 1.29 is 0 Å². The van der Waals surface area contributed by atoms with E-state index in [9.17, 15) is 0 Å². The van der Waals surface area contributed by atoms with E-state index in [1.807, 2.05) is 12.1 Å². The molecular formula is C10H13N. The summed E-state index contributed by atoms with van der Waals surface area (Å²) in [7, 11) is 0. The van der Waals surface area contributed by atoms with Gasteiger partial charge in [0.1, 0.15) is 0 Å². The summed E-state index contributed by atoms with van der Waals surface area (Å²) in [4.78, 5) is 3.94. The molecule has 1 heteroatoms. The van der Waals surface area contributed by atoms with Gasteiger partial charge in [0.15, 0.2) is 0 Å². The summed E-state index contributed by atoms with van der Waals surface area (Å²) >= 11 is 0. The molecule has 0 atom stereocenters. The highest BCUT2D eigenvalue weighted by atomic mass is 14.6. The molecule has 0 spiro atoms. The standard InChI is InChI=1S/C10H13N/c1-9(2)3-4-10-5-7-11-8-6-10/h3-9H,1-2H3/b4-3+. The number of pyridine rings is 1. The Hall–Kier alpha value is -1.11. The summed E-state index contributed by atoms with van der Waals surface area (Å²) < 4.78 is 0. The molecule has 0 fully saturated rings. The molecule has 1 aromatic heterocycles. The van der Waals surface area contributed by atoms with Crippen molar-refractivity contribution in [2.75, 3.05) is 0 Å². The van der Waals surface area contributed by atoms with Crippen molar-refractivity contribution in [1.82, 2.24) is 4.98 Å². The minimum atomic E-state index is 0.614. The molecule has 0 N–H and O–H groups in total. The Morgan fingerprint density at radius 2 is 1.91 bits per heavy atom. The van der Waals surface area contributed by atoms with Crippen LogP contribution < -0.4 is 0 Å². The molecule has 0 aliphatic rings. The summed E-state index contributed by atoms with van der Waals surface area (Å²) in [5.74, 6) is 0.614. The van der Waals surface area contributed by atoms with E-state index in [1.165, 1.54) is 5.56 Å². The van der Waals surface area contributed by atoms with Crippen LogP contribution in [0.25, 0.3) is 6.08 Å². The minimum absolute atomic E-state index is 0.614. The van der Waals surface area contributed by atoms with Crippen molar-refractivity contribution in [2.24, 2.45) is 5.92 Å². The van der Waals surface area contributed by atoms with E-state index in [2.05, 4.69) is 31.0 Å². The van der Waals surface area contributed by atoms with Gasteiger partial charge in [-0.3, -0.25) is 4.98 Å². The third kappa shape index (κ3) is 2.99. The van der Waals surface area contributed by atoms with Crippen LogP contribution in [0, 0.1) is 5.92 Å². The lowest BCUT2D eigenvalue weighted by Gasteiger charge is -1.93. The smallest absolute Gasteiger partial charge is 0.0273 e. The predicted octanol–water partition coefficient (Wildman–Crippen LogP) is 2.75. The number of aromatic nitrogens is 1. The molecule has 1 rings (SSSR count). The second kappa shape index (κ2) is 3.91. The van der Waals surface area contributed by atoms with Crippen LogP contribution >= 0.6 is 0 Å². The zero-order chi connectivity index (χ0) is 8.10. The van der Waals surface area contributed by atoms with E-state index in [0.717, 1.165) is 0 Å². The van der Waals surface area contributed by atoms with Gasteiger partial charge >= 0.3 is 0 Å². The molecule has 1 heterocycles. The molecule has 58 valence electrons. The summed E-state index contributed by atoms with van der Waals surface area (Å²) in [5, 5.41) is 0. The van der Waals surface area contributed by atoms with Crippen LogP contribution in [0.3, 0.4) is 0 Å².